The molecule has 3 heterocycles. The SMILES string of the molecule is C#C[C@@]1(n2cnc3c(=O)[nH]c(NC(=O)C(C)C)nc32)OC[C@@H](O)[C@H]1F. The van der Waals surface area contributed by atoms with Crippen LogP contribution in [-0.2, 0) is 15.3 Å². The lowest BCUT2D eigenvalue weighted by atomic mass is 10.1. The molecule has 25 heavy (non-hydrogen) atoms. The Kier molecular flexibility index (Phi) is 4.06. The van der Waals surface area contributed by atoms with Gasteiger partial charge in [0.1, 0.15) is 12.4 Å². The maximum atomic E-state index is 14.5. The van der Waals surface area contributed by atoms with Gasteiger partial charge in [-0.3, -0.25) is 24.5 Å². The fraction of sp³-hybridized carbons (Fsp3) is 0.467. The molecule has 1 fully saturated rings. The monoisotopic (exact) mass is 349 g/mol. The van der Waals surface area contributed by atoms with E-state index >= 15 is 0 Å². The van der Waals surface area contributed by atoms with Gasteiger partial charge in [0.25, 0.3) is 5.56 Å². The second-order valence-corrected chi connectivity index (χ2v) is 5.97. The topological polar surface area (TPSA) is 122 Å². The van der Waals surface area contributed by atoms with Crippen molar-refractivity contribution in [3.8, 4) is 12.3 Å². The predicted octanol–water partition coefficient (Wildman–Crippen LogP) is -0.271. The van der Waals surface area contributed by atoms with Crippen LogP contribution in [0.2, 0.25) is 0 Å². The second-order valence-electron chi connectivity index (χ2n) is 5.97. The van der Waals surface area contributed by atoms with Crippen LogP contribution in [0.5, 0.6) is 0 Å². The molecule has 3 N–H and O–H groups in total. The van der Waals surface area contributed by atoms with Gasteiger partial charge >= 0.3 is 0 Å². The van der Waals surface area contributed by atoms with Crippen LogP contribution in [-0.4, -0.2) is 49.4 Å². The Morgan fingerprint density at radius 2 is 2.40 bits per heavy atom. The molecule has 2 aromatic rings. The third-order valence-corrected chi connectivity index (χ3v) is 3.92. The quantitative estimate of drug-likeness (QED) is 0.656. The van der Waals surface area contributed by atoms with Crippen molar-refractivity contribution in [2.75, 3.05) is 11.9 Å². The number of H-pyrrole nitrogens is 1. The van der Waals surface area contributed by atoms with Crippen molar-refractivity contribution in [3.63, 3.8) is 0 Å². The number of amides is 1. The van der Waals surface area contributed by atoms with Gasteiger partial charge in [-0.05, 0) is 5.92 Å². The van der Waals surface area contributed by atoms with Gasteiger partial charge in [0.05, 0.1) is 6.61 Å². The number of carbonyl (C=O) groups is 1. The third kappa shape index (κ3) is 2.57. The maximum Gasteiger partial charge on any atom is 0.280 e. The van der Waals surface area contributed by atoms with E-state index in [0.717, 1.165) is 10.9 Å². The first-order valence-electron chi connectivity index (χ1n) is 7.52. The molecule has 0 bridgehead atoms. The number of rotatable bonds is 3. The normalized spacial score (nSPS) is 26.1. The highest BCUT2D eigenvalue weighted by Gasteiger charge is 2.52. The number of nitrogens with one attached hydrogen (secondary N) is 2. The molecule has 3 rings (SSSR count). The van der Waals surface area contributed by atoms with Crippen molar-refractivity contribution in [1.82, 2.24) is 19.5 Å². The molecule has 132 valence electrons. The number of ether oxygens (including phenoxy) is 1. The molecular formula is C15H16FN5O4. The highest BCUT2D eigenvalue weighted by molar-refractivity contribution is 5.91. The number of fused-ring (bicyclic) bond motifs is 1. The zero-order valence-electron chi connectivity index (χ0n) is 13.5. The number of terminal acetylenes is 1. The fourth-order valence-electron chi connectivity index (χ4n) is 2.50. The third-order valence-electron chi connectivity index (χ3n) is 3.92. The van der Waals surface area contributed by atoms with Crippen molar-refractivity contribution >= 4 is 23.0 Å². The van der Waals surface area contributed by atoms with Gasteiger partial charge in [-0.25, -0.2) is 9.37 Å². The van der Waals surface area contributed by atoms with Gasteiger partial charge in [-0.2, -0.15) is 4.98 Å². The number of hydrogen-bond acceptors (Lipinski definition) is 6. The van der Waals surface area contributed by atoms with Crippen LogP contribution < -0.4 is 10.9 Å². The Hall–Kier alpha value is -2.77. The standard InChI is InChI=1S/C15H16FN5O4/c1-4-15(10(16)8(22)5-25-15)21-6-17-9-11(21)18-14(20-13(9)24)19-12(23)7(2)3/h1,6-8,10,22H,5H2,2-3H3,(H2,18,19,20,23,24)/t8-,10-,15-/m1/s1. The Morgan fingerprint density at radius 3 is 2.96 bits per heavy atom. The fourth-order valence-corrected chi connectivity index (χ4v) is 2.50. The van der Waals surface area contributed by atoms with Gasteiger partial charge in [0.15, 0.2) is 17.3 Å². The molecule has 2 aromatic heterocycles. The molecular weight excluding hydrogens is 333 g/mol. The van der Waals surface area contributed by atoms with Crippen LogP contribution in [0, 0.1) is 18.3 Å². The lowest BCUT2D eigenvalue weighted by Gasteiger charge is -2.26. The molecule has 1 amide bonds. The molecule has 1 aliphatic rings. The first-order chi connectivity index (χ1) is 11.8. The lowest BCUT2D eigenvalue weighted by molar-refractivity contribution is -0.118. The number of aliphatic hydroxyl groups excluding tert-OH is 1. The molecule has 1 aliphatic heterocycles. The highest BCUT2D eigenvalue weighted by Crippen LogP contribution is 2.35. The number of anilines is 1. The minimum Gasteiger partial charge on any atom is -0.387 e. The summed E-state index contributed by atoms with van der Waals surface area (Å²) in [6.45, 7) is 3.03. The summed E-state index contributed by atoms with van der Waals surface area (Å²) in [5.41, 5.74) is -2.79. The summed E-state index contributed by atoms with van der Waals surface area (Å²) in [5, 5.41) is 12.1. The first kappa shape index (κ1) is 17.1. The number of nitrogens with zero attached hydrogens (tertiary/aromatic N) is 3. The summed E-state index contributed by atoms with van der Waals surface area (Å²) in [6.07, 6.45) is 3.20. The van der Waals surface area contributed by atoms with Crippen LogP contribution in [0.25, 0.3) is 11.2 Å². The van der Waals surface area contributed by atoms with Crippen LogP contribution in [0.1, 0.15) is 13.8 Å². The van der Waals surface area contributed by atoms with Crippen LogP contribution in [0.3, 0.4) is 0 Å². The zero-order chi connectivity index (χ0) is 18.4. The Bertz CT molecular complexity index is 930. The van der Waals surface area contributed by atoms with E-state index in [-0.39, 0.29) is 35.5 Å². The number of aromatic amines is 1. The van der Waals surface area contributed by atoms with Gasteiger partial charge in [-0.15, -0.1) is 6.42 Å². The number of halogens is 1. The summed E-state index contributed by atoms with van der Waals surface area (Å²) >= 11 is 0. The number of aromatic nitrogens is 4. The zero-order valence-corrected chi connectivity index (χ0v) is 13.5. The molecule has 0 unspecified atom stereocenters. The molecule has 9 nitrogen and oxygen atoms in total. The first-order valence-corrected chi connectivity index (χ1v) is 7.52. The van der Waals surface area contributed by atoms with Gasteiger partial charge < -0.3 is 9.84 Å². The number of imidazole rings is 1. The van der Waals surface area contributed by atoms with E-state index in [4.69, 9.17) is 11.2 Å². The van der Waals surface area contributed by atoms with Crippen LogP contribution in [0.4, 0.5) is 10.3 Å². The van der Waals surface area contributed by atoms with Crippen molar-refractivity contribution in [1.29, 1.82) is 0 Å². The molecule has 0 aliphatic carbocycles. The number of hydrogen-bond donors (Lipinski definition) is 3. The summed E-state index contributed by atoms with van der Waals surface area (Å²) in [7, 11) is 0. The predicted molar refractivity (Wildman–Crippen MR) is 85.3 cm³/mol. The average Bonchev–Trinajstić information content (AvgIpc) is 3.11. The summed E-state index contributed by atoms with van der Waals surface area (Å²) < 4.78 is 20.9. The molecule has 0 spiro atoms. The minimum absolute atomic E-state index is 0.0718. The van der Waals surface area contributed by atoms with Gasteiger partial charge in [0, 0.05) is 5.92 Å². The van der Waals surface area contributed by atoms with E-state index in [1.165, 1.54) is 0 Å². The Morgan fingerprint density at radius 1 is 1.68 bits per heavy atom. The summed E-state index contributed by atoms with van der Waals surface area (Å²) in [4.78, 5) is 34.3. The second kappa shape index (κ2) is 5.94. The van der Waals surface area contributed by atoms with E-state index in [2.05, 4.69) is 26.2 Å². The smallest absolute Gasteiger partial charge is 0.280 e. The van der Waals surface area contributed by atoms with E-state index in [1.54, 1.807) is 13.8 Å². The minimum atomic E-state index is -1.98. The number of aliphatic hydroxyl groups is 1. The molecule has 0 aromatic carbocycles. The van der Waals surface area contributed by atoms with Crippen LogP contribution >= 0.6 is 0 Å². The van der Waals surface area contributed by atoms with Crippen molar-refractivity contribution in [2.24, 2.45) is 5.92 Å². The van der Waals surface area contributed by atoms with E-state index in [1.807, 2.05) is 0 Å². The number of alkyl halides is 1. The van der Waals surface area contributed by atoms with Crippen molar-refractivity contribution in [3.05, 3.63) is 16.7 Å². The Balaban J connectivity index is 2.15. The van der Waals surface area contributed by atoms with E-state index in [9.17, 15) is 19.1 Å². The number of carbonyl (C=O) groups excluding carboxylic acids is 1. The van der Waals surface area contributed by atoms with E-state index < -0.39 is 23.6 Å². The molecule has 0 radical (unpaired) electrons. The van der Waals surface area contributed by atoms with Crippen molar-refractivity contribution < 1.29 is 19.0 Å². The van der Waals surface area contributed by atoms with Crippen LogP contribution in [0.15, 0.2) is 11.1 Å². The van der Waals surface area contributed by atoms with E-state index in [0.29, 0.717) is 0 Å². The molecule has 10 heteroatoms. The Labute approximate surface area is 141 Å². The van der Waals surface area contributed by atoms with Gasteiger partial charge in [-0.1, -0.05) is 13.8 Å². The largest absolute Gasteiger partial charge is 0.387 e. The summed E-state index contributed by atoms with van der Waals surface area (Å²) in [6, 6.07) is 0. The maximum absolute atomic E-state index is 14.5. The van der Waals surface area contributed by atoms with Crippen molar-refractivity contribution in [2.45, 2.75) is 31.8 Å². The highest BCUT2D eigenvalue weighted by atomic mass is 19.1. The molecule has 1 saturated heterocycles. The van der Waals surface area contributed by atoms with Gasteiger partial charge in [0.2, 0.25) is 17.6 Å². The molecule has 0 saturated carbocycles. The lowest BCUT2D eigenvalue weighted by Crippen LogP contribution is -2.41. The average molecular weight is 349 g/mol. The summed E-state index contributed by atoms with van der Waals surface area (Å²) in [5.74, 6) is 1.34. The molecule has 3 atom stereocenters.